The van der Waals surface area contributed by atoms with Gasteiger partial charge in [0, 0.05) is 50.0 Å². The first-order valence-electron chi connectivity index (χ1n) is 22.8. The normalized spacial score (nSPS) is 11.3. The van der Waals surface area contributed by atoms with E-state index in [9.17, 15) is 0 Å². The lowest BCUT2D eigenvalue weighted by Gasteiger charge is -2.27. The zero-order chi connectivity index (χ0) is 44.5. The summed E-state index contributed by atoms with van der Waals surface area (Å²) in [5.74, 6) is 0. The average molecular weight is 857 g/mol. The minimum absolute atomic E-state index is 0.850. The summed E-state index contributed by atoms with van der Waals surface area (Å²) < 4.78 is 6.94. The molecule has 0 fully saturated rings. The van der Waals surface area contributed by atoms with Crippen LogP contribution in [0.25, 0.3) is 77.2 Å². The molecule has 3 heteroatoms. The Morgan fingerprint density at radius 1 is 0.254 bits per heavy atom. The molecule has 12 rings (SSSR count). The van der Waals surface area contributed by atoms with Crippen LogP contribution in [0.5, 0.6) is 0 Å². The van der Waals surface area contributed by atoms with Gasteiger partial charge in [0.2, 0.25) is 0 Å². The number of rotatable bonds is 10. The molecule has 3 nitrogen and oxygen atoms in total. The summed E-state index contributed by atoms with van der Waals surface area (Å²) in [6.45, 7) is 0. The third-order valence-corrected chi connectivity index (χ3v) is 12.8. The molecule has 0 spiro atoms. The van der Waals surface area contributed by atoms with Gasteiger partial charge in [-0.3, -0.25) is 0 Å². The molecule has 67 heavy (non-hydrogen) atoms. The van der Waals surface area contributed by atoms with Crippen molar-refractivity contribution in [3.63, 3.8) is 0 Å². The Hall–Kier alpha value is -8.92. The van der Waals surface area contributed by atoms with Gasteiger partial charge in [-0.05, 0) is 117 Å². The van der Waals surface area contributed by atoms with Crippen LogP contribution in [0.15, 0.2) is 271 Å². The highest BCUT2D eigenvalue weighted by molar-refractivity contribution is 6.22. The quantitative estimate of drug-likeness (QED) is 0.137. The maximum atomic E-state index is 6.94. The highest BCUT2D eigenvalue weighted by atomic mass is 16.3. The van der Waals surface area contributed by atoms with Crippen LogP contribution in [0.2, 0.25) is 0 Å². The van der Waals surface area contributed by atoms with Crippen LogP contribution in [0.1, 0.15) is 0 Å². The van der Waals surface area contributed by atoms with E-state index in [4.69, 9.17) is 4.42 Å². The Labute approximate surface area is 390 Å². The van der Waals surface area contributed by atoms with Crippen LogP contribution >= 0.6 is 0 Å². The molecule has 0 bridgehead atoms. The number of nitrogens with zero attached hydrogens (tertiary/aromatic N) is 2. The smallest absolute Gasteiger partial charge is 0.143 e. The Morgan fingerprint density at radius 2 is 0.657 bits per heavy atom. The highest BCUT2D eigenvalue weighted by Gasteiger charge is 2.23. The van der Waals surface area contributed by atoms with Crippen molar-refractivity contribution < 1.29 is 4.42 Å². The third kappa shape index (κ3) is 7.49. The van der Waals surface area contributed by atoms with Gasteiger partial charge in [-0.15, -0.1) is 0 Å². The molecule has 316 valence electrons. The van der Waals surface area contributed by atoms with E-state index in [-0.39, 0.29) is 0 Å². The summed E-state index contributed by atoms with van der Waals surface area (Å²) >= 11 is 0. The van der Waals surface area contributed by atoms with E-state index < -0.39 is 0 Å². The zero-order valence-corrected chi connectivity index (χ0v) is 36.7. The first-order chi connectivity index (χ1) is 33.2. The number of para-hydroxylation sites is 1. The minimum atomic E-state index is 0.850. The molecule has 0 aliphatic heterocycles. The summed E-state index contributed by atoms with van der Waals surface area (Å²) in [7, 11) is 0. The predicted octanol–water partition coefficient (Wildman–Crippen LogP) is 18.3. The molecule has 1 heterocycles. The molecule has 0 unspecified atom stereocenters. The molecule has 0 aliphatic carbocycles. The van der Waals surface area contributed by atoms with Gasteiger partial charge >= 0.3 is 0 Å². The van der Waals surface area contributed by atoms with Gasteiger partial charge in [-0.2, -0.15) is 0 Å². The lowest BCUT2D eigenvalue weighted by Crippen LogP contribution is -2.10. The summed E-state index contributed by atoms with van der Waals surface area (Å²) in [5, 5.41) is 4.31. The van der Waals surface area contributed by atoms with E-state index in [2.05, 4.69) is 277 Å². The molecule has 0 N–H and O–H groups in total. The number of anilines is 6. The average Bonchev–Trinajstić information content (AvgIpc) is 3.80. The van der Waals surface area contributed by atoms with Gasteiger partial charge in [0.25, 0.3) is 0 Å². The molecule has 11 aromatic carbocycles. The summed E-state index contributed by atoms with van der Waals surface area (Å²) in [4.78, 5) is 4.73. The van der Waals surface area contributed by atoms with Crippen molar-refractivity contribution in [2.45, 2.75) is 0 Å². The maximum absolute atomic E-state index is 6.94. The van der Waals surface area contributed by atoms with Crippen LogP contribution in [-0.4, -0.2) is 0 Å². The molecule has 1 aromatic heterocycles. The molecule has 0 saturated carbocycles. The van der Waals surface area contributed by atoms with E-state index in [0.29, 0.717) is 0 Å². The topological polar surface area (TPSA) is 19.6 Å². The number of hydrogen-bond donors (Lipinski definition) is 0. The van der Waals surface area contributed by atoms with Crippen molar-refractivity contribution in [3.8, 4) is 44.5 Å². The van der Waals surface area contributed by atoms with Crippen LogP contribution < -0.4 is 9.80 Å². The van der Waals surface area contributed by atoms with Gasteiger partial charge in [0.15, 0.2) is 0 Å². The van der Waals surface area contributed by atoms with Crippen LogP contribution in [0, 0.1) is 0 Å². The van der Waals surface area contributed by atoms with Crippen molar-refractivity contribution in [2.75, 3.05) is 9.80 Å². The standard InChI is InChI=1S/C64H44N2O/c1-5-17-45(18-6-1)48-31-37-53(38-32-48)65(52-24-11-4-12-25-52)56-26-15-23-51(43-56)57-29-16-30-62-63(57)60-44-61(58-27-13-14-28-59(58)64(60)67-62)66(54-39-33-49(34-40-54)46-19-7-2-8-20-46)55-41-35-50(36-42-55)47-21-9-3-10-22-47/h1-44H. The molecule has 0 aliphatic rings. The first kappa shape index (κ1) is 39.7. The van der Waals surface area contributed by atoms with E-state index in [1.165, 1.54) is 33.4 Å². The van der Waals surface area contributed by atoms with Gasteiger partial charge in [0.05, 0.1) is 5.69 Å². The fourth-order valence-electron chi connectivity index (χ4n) is 9.62. The molecule has 0 amide bonds. The van der Waals surface area contributed by atoms with E-state index in [0.717, 1.165) is 78.0 Å². The lowest BCUT2D eigenvalue weighted by molar-refractivity contribution is 0.673. The fourth-order valence-corrected chi connectivity index (χ4v) is 9.62. The summed E-state index contributed by atoms with van der Waals surface area (Å²) in [6, 6.07) is 95.4. The Kier molecular flexibility index (Phi) is 10.2. The van der Waals surface area contributed by atoms with Gasteiger partial charge in [-0.1, -0.05) is 194 Å². The minimum Gasteiger partial charge on any atom is -0.455 e. The monoisotopic (exact) mass is 856 g/mol. The molecular weight excluding hydrogens is 813 g/mol. The van der Waals surface area contributed by atoms with Crippen LogP contribution in [0.4, 0.5) is 34.1 Å². The third-order valence-electron chi connectivity index (χ3n) is 12.8. The summed E-state index contributed by atoms with van der Waals surface area (Å²) in [6.07, 6.45) is 0. The van der Waals surface area contributed by atoms with Crippen molar-refractivity contribution in [1.82, 2.24) is 0 Å². The number of fused-ring (bicyclic) bond motifs is 5. The number of benzene rings is 11. The summed E-state index contributed by atoms with van der Waals surface area (Å²) in [5.41, 5.74) is 17.5. The second kappa shape index (κ2) is 17.2. The molecule has 0 saturated heterocycles. The van der Waals surface area contributed by atoms with E-state index in [1.54, 1.807) is 0 Å². The maximum Gasteiger partial charge on any atom is 0.143 e. The lowest BCUT2D eigenvalue weighted by atomic mass is 9.96. The SMILES string of the molecule is c1ccc(-c2ccc(N(c3ccccc3)c3cccc(-c4cccc5oc6c7ccccc7c(N(c7ccc(-c8ccccc8)cc7)c7ccc(-c8ccccc8)cc7)cc6c45)c3)cc2)cc1. The number of furan rings is 1. The van der Waals surface area contributed by atoms with Crippen molar-refractivity contribution in [3.05, 3.63) is 267 Å². The molecular formula is C64H44N2O. The molecule has 12 aromatic rings. The Morgan fingerprint density at radius 3 is 1.19 bits per heavy atom. The second-order valence-electron chi connectivity index (χ2n) is 16.9. The second-order valence-corrected chi connectivity index (χ2v) is 16.9. The van der Waals surface area contributed by atoms with Gasteiger partial charge in [-0.25, -0.2) is 0 Å². The fraction of sp³-hybridized carbons (Fsp3) is 0. The highest BCUT2D eigenvalue weighted by Crippen LogP contribution is 2.47. The Balaban J connectivity index is 1.02. The van der Waals surface area contributed by atoms with Crippen molar-refractivity contribution in [1.29, 1.82) is 0 Å². The molecule has 0 radical (unpaired) electrons. The predicted molar refractivity (Wildman–Crippen MR) is 282 cm³/mol. The Bertz CT molecular complexity index is 3560. The van der Waals surface area contributed by atoms with Gasteiger partial charge in [0.1, 0.15) is 11.2 Å². The van der Waals surface area contributed by atoms with E-state index >= 15 is 0 Å². The van der Waals surface area contributed by atoms with E-state index in [1.807, 2.05) is 0 Å². The first-order valence-corrected chi connectivity index (χ1v) is 22.8. The van der Waals surface area contributed by atoms with Crippen LogP contribution in [0.3, 0.4) is 0 Å². The number of hydrogen-bond acceptors (Lipinski definition) is 3. The van der Waals surface area contributed by atoms with Crippen molar-refractivity contribution in [2.24, 2.45) is 0 Å². The van der Waals surface area contributed by atoms with Crippen LogP contribution in [-0.2, 0) is 0 Å². The zero-order valence-electron chi connectivity index (χ0n) is 36.7. The van der Waals surface area contributed by atoms with Gasteiger partial charge < -0.3 is 14.2 Å². The largest absolute Gasteiger partial charge is 0.455 e. The molecule has 0 atom stereocenters. The van der Waals surface area contributed by atoms with Crippen molar-refractivity contribution >= 4 is 66.8 Å².